The van der Waals surface area contributed by atoms with Crippen LogP contribution in [-0.4, -0.2) is 72.3 Å². The normalized spacial score (nSPS) is 20.8. The number of amides is 1. The summed E-state index contributed by atoms with van der Waals surface area (Å²) in [6, 6.07) is 1.05. The monoisotopic (exact) mass is 413 g/mol. The van der Waals surface area contributed by atoms with E-state index in [1.807, 2.05) is 6.92 Å². The standard InChI is InChI=1S/C18H24F3N7O.H2/c1-12-11-28(6-3-24-12)16(29)10-23-9-13(8-22)14-7-15(18(19,20)21)26-17(25-14)27-4-2-5-27;/h7-9,12,24H,2-6,10-11,22H2,1H3;1H/b13-8+,23-9?;/t12-;/m0./s1. The van der Waals surface area contributed by atoms with Crippen molar-refractivity contribution in [2.75, 3.05) is 44.2 Å². The van der Waals surface area contributed by atoms with Crippen molar-refractivity contribution in [1.29, 1.82) is 0 Å². The molecule has 2 aliphatic heterocycles. The molecule has 0 aliphatic carbocycles. The van der Waals surface area contributed by atoms with Crippen LogP contribution in [0, 0.1) is 0 Å². The molecule has 1 amide bonds. The summed E-state index contributed by atoms with van der Waals surface area (Å²) in [6.45, 7) is 4.99. The molecule has 0 aromatic carbocycles. The predicted octanol–water partition coefficient (Wildman–Crippen LogP) is 1.14. The molecule has 3 heterocycles. The number of nitrogens with zero attached hydrogens (tertiary/aromatic N) is 5. The minimum Gasteiger partial charge on any atom is -0.404 e. The number of nitrogens with one attached hydrogen (secondary N) is 1. The molecule has 0 spiro atoms. The maximum absolute atomic E-state index is 13.2. The van der Waals surface area contributed by atoms with Crippen LogP contribution < -0.4 is 16.0 Å². The van der Waals surface area contributed by atoms with E-state index in [2.05, 4.69) is 20.3 Å². The Hall–Kier alpha value is -2.69. The zero-order valence-electron chi connectivity index (χ0n) is 16.1. The molecule has 1 aromatic rings. The van der Waals surface area contributed by atoms with Crippen molar-refractivity contribution in [3.63, 3.8) is 0 Å². The highest BCUT2D eigenvalue weighted by atomic mass is 19.4. The first-order valence-corrected chi connectivity index (χ1v) is 9.42. The van der Waals surface area contributed by atoms with E-state index in [0.29, 0.717) is 32.7 Å². The lowest BCUT2D eigenvalue weighted by atomic mass is 10.1. The second kappa shape index (κ2) is 8.76. The molecule has 8 nitrogen and oxygen atoms in total. The molecular formula is C18H26F3N7O. The van der Waals surface area contributed by atoms with Gasteiger partial charge in [0.2, 0.25) is 11.9 Å². The summed E-state index contributed by atoms with van der Waals surface area (Å²) in [4.78, 5) is 27.6. The summed E-state index contributed by atoms with van der Waals surface area (Å²) >= 11 is 0. The maximum atomic E-state index is 13.2. The van der Waals surface area contributed by atoms with Gasteiger partial charge in [0, 0.05) is 58.2 Å². The first-order chi connectivity index (χ1) is 13.8. The summed E-state index contributed by atoms with van der Waals surface area (Å²) in [5.41, 5.74) is 4.78. The van der Waals surface area contributed by atoms with Crippen LogP contribution >= 0.6 is 0 Å². The highest BCUT2D eigenvalue weighted by molar-refractivity contribution is 6.09. The number of alkyl halides is 3. The SMILES string of the molecule is C[C@H]1CN(C(=O)CN=C/C(=C\N)c2cc(C(F)(F)F)nc(N3CCC3)n2)CCN1.[HH]. The van der Waals surface area contributed by atoms with Crippen LogP contribution in [0.2, 0.25) is 0 Å². The summed E-state index contributed by atoms with van der Waals surface area (Å²) in [7, 11) is 0. The zero-order valence-corrected chi connectivity index (χ0v) is 16.1. The van der Waals surface area contributed by atoms with Crippen molar-refractivity contribution in [2.24, 2.45) is 10.7 Å². The van der Waals surface area contributed by atoms with Crippen LogP contribution in [0.5, 0.6) is 0 Å². The minimum absolute atomic E-state index is 0. The van der Waals surface area contributed by atoms with Crippen molar-refractivity contribution < 1.29 is 19.4 Å². The third-order valence-corrected chi connectivity index (χ3v) is 4.80. The fourth-order valence-corrected chi connectivity index (χ4v) is 3.06. The van der Waals surface area contributed by atoms with E-state index in [9.17, 15) is 18.0 Å². The van der Waals surface area contributed by atoms with Gasteiger partial charge >= 0.3 is 6.18 Å². The number of hydrogen-bond acceptors (Lipinski definition) is 7. The summed E-state index contributed by atoms with van der Waals surface area (Å²) in [5.74, 6) is -0.134. The van der Waals surface area contributed by atoms with Gasteiger partial charge in [-0.05, 0) is 19.4 Å². The highest BCUT2D eigenvalue weighted by Gasteiger charge is 2.35. The summed E-state index contributed by atoms with van der Waals surface area (Å²) in [5, 5.41) is 3.25. The smallest absolute Gasteiger partial charge is 0.404 e. The van der Waals surface area contributed by atoms with Gasteiger partial charge in [-0.1, -0.05) is 0 Å². The summed E-state index contributed by atoms with van der Waals surface area (Å²) < 4.78 is 39.7. The van der Waals surface area contributed by atoms with Gasteiger partial charge in [0.25, 0.3) is 0 Å². The molecule has 11 heteroatoms. The number of carbonyl (C=O) groups excluding carboxylic acids is 1. The van der Waals surface area contributed by atoms with E-state index in [1.165, 1.54) is 6.21 Å². The Kier molecular flexibility index (Phi) is 6.36. The third-order valence-electron chi connectivity index (χ3n) is 4.80. The molecule has 0 unspecified atom stereocenters. The van der Waals surface area contributed by atoms with Crippen LogP contribution in [0.15, 0.2) is 17.3 Å². The number of allylic oxidation sites excluding steroid dienone is 1. The van der Waals surface area contributed by atoms with Crippen LogP contribution in [-0.2, 0) is 11.0 Å². The van der Waals surface area contributed by atoms with Crippen molar-refractivity contribution >= 4 is 23.6 Å². The van der Waals surface area contributed by atoms with Gasteiger partial charge in [-0.2, -0.15) is 13.2 Å². The number of rotatable bonds is 5. The molecule has 0 bridgehead atoms. The van der Waals surface area contributed by atoms with E-state index in [1.54, 1.807) is 9.80 Å². The van der Waals surface area contributed by atoms with E-state index in [4.69, 9.17) is 5.73 Å². The average Bonchev–Trinajstić information content (AvgIpc) is 2.62. The molecule has 1 aromatic heterocycles. The largest absolute Gasteiger partial charge is 0.433 e. The number of anilines is 1. The van der Waals surface area contributed by atoms with Crippen molar-refractivity contribution in [2.45, 2.75) is 25.6 Å². The maximum Gasteiger partial charge on any atom is 0.433 e. The average molecular weight is 413 g/mol. The Labute approximate surface area is 168 Å². The molecule has 2 aliphatic rings. The number of aliphatic imine (C=N–C) groups is 1. The van der Waals surface area contributed by atoms with Gasteiger partial charge in [0.1, 0.15) is 6.54 Å². The Morgan fingerprint density at radius 1 is 1.41 bits per heavy atom. The molecule has 1 atom stereocenters. The first-order valence-electron chi connectivity index (χ1n) is 9.42. The summed E-state index contributed by atoms with van der Waals surface area (Å²) in [6.07, 6.45) is -1.32. The number of hydrogen-bond donors (Lipinski definition) is 2. The van der Waals surface area contributed by atoms with Crippen LogP contribution in [0.4, 0.5) is 19.1 Å². The Bertz CT molecular complexity index is 811. The minimum atomic E-state index is -4.61. The fourth-order valence-electron chi connectivity index (χ4n) is 3.06. The van der Waals surface area contributed by atoms with Crippen molar-refractivity contribution in [1.82, 2.24) is 20.2 Å². The van der Waals surface area contributed by atoms with Gasteiger partial charge in [-0.25, -0.2) is 9.97 Å². The molecule has 160 valence electrons. The quantitative estimate of drug-likeness (QED) is 0.703. The zero-order chi connectivity index (χ0) is 21.0. The lowest BCUT2D eigenvalue weighted by Gasteiger charge is -2.31. The van der Waals surface area contributed by atoms with Gasteiger partial charge in [0.15, 0.2) is 5.69 Å². The molecule has 0 saturated carbocycles. The van der Waals surface area contributed by atoms with Crippen molar-refractivity contribution in [3.05, 3.63) is 23.7 Å². The van der Waals surface area contributed by atoms with Crippen LogP contribution in [0.25, 0.3) is 5.57 Å². The van der Waals surface area contributed by atoms with E-state index < -0.39 is 11.9 Å². The Morgan fingerprint density at radius 2 is 2.17 bits per heavy atom. The molecule has 0 radical (unpaired) electrons. The van der Waals surface area contributed by atoms with Gasteiger partial charge < -0.3 is 20.9 Å². The van der Waals surface area contributed by atoms with E-state index in [0.717, 1.165) is 18.7 Å². The molecule has 2 saturated heterocycles. The number of piperazine rings is 1. The Balaban J connectivity index is 0.00000320. The van der Waals surface area contributed by atoms with Crippen molar-refractivity contribution in [3.8, 4) is 0 Å². The van der Waals surface area contributed by atoms with Crippen LogP contribution in [0.3, 0.4) is 0 Å². The lowest BCUT2D eigenvalue weighted by Crippen LogP contribution is -2.51. The Morgan fingerprint density at radius 3 is 2.76 bits per heavy atom. The number of halogens is 3. The number of aromatic nitrogens is 2. The topological polar surface area (TPSA) is 99.7 Å². The third kappa shape index (κ3) is 5.22. The van der Waals surface area contributed by atoms with E-state index in [-0.39, 0.29) is 37.1 Å². The molecule has 3 rings (SSSR count). The second-order valence-corrected chi connectivity index (χ2v) is 7.06. The molecule has 29 heavy (non-hydrogen) atoms. The number of nitrogens with two attached hydrogens (primary N) is 1. The molecule has 3 N–H and O–H groups in total. The van der Waals surface area contributed by atoms with Gasteiger partial charge in [0.05, 0.1) is 5.69 Å². The predicted molar refractivity (Wildman–Crippen MR) is 106 cm³/mol. The molecule has 2 fully saturated rings. The fraction of sp³-hybridized carbons (Fsp3) is 0.556. The van der Waals surface area contributed by atoms with Crippen LogP contribution in [0.1, 0.15) is 26.2 Å². The van der Waals surface area contributed by atoms with Gasteiger partial charge in [-0.15, -0.1) is 0 Å². The highest BCUT2D eigenvalue weighted by Crippen LogP contribution is 2.31. The number of carbonyl (C=O) groups is 1. The van der Waals surface area contributed by atoms with Gasteiger partial charge in [-0.3, -0.25) is 9.79 Å². The van der Waals surface area contributed by atoms with E-state index >= 15 is 0 Å². The lowest BCUT2D eigenvalue weighted by molar-refractivity contribution is -0.141. The molecular weight excluding hydrogens is 387 g/mol. The first kappa shape index (κ1) is 21.0. The second-order valence-electron chi connectivity index (χ2n) is 7.06.